The molecule has 1 saturated heterocycles. The standard InChI is InChI=1S/C24H29FN2O3S/c1-18(20-9-10-20)27(16-19-6-3-2-4-7-19)24(28)21-8-5-15-26(17-21)31(29,30)23-13-11-22(25)12-14-23/h2-4,6-7,11-14,18,20-21H,5,8-10,15-17H2,1H3. The SMILES string of the molecule is CC(C1CC1)N(Cc1ccccc1)C(=O)C1CCCN(S(=O)(=O)c2ccc(F)cc2)C1. The van der Waals surface area contributed by atoms with Crippen LogP contribution in [0.1, 0.15) is 38.2 Å². The molecule has 4 rings (SSSR count). The van der Waals surface area contributed by atoms with E-state index >= 15 is 0 Å². The number of carbonyl (C=O) groups is 1. The first-order chi connectivity index (χ1) is 14.9. The van der Waals surface area contributed by atoms with E-state index in [0.717, 1.165) is 30.5 Å². The van der Waals surface area contributed by atoms with Gasteiger partial charge in [-0.05, 0) is 68.4 Å². The molecular formula is C24H29FN2O3S. The lowest BCUT2D eigenvalue weighted by atomic mass is 9.96. The van der Waals surface area contributed by atoms with E-state index < -0.39 is 15.8 Å². The van der Waals surface area contributed by atoms with Gasteiger partial charge in [-0.1, -0.05) is 30.3 Å². The zero-order chi connectivity index (χ0) is 22.0. The van der Waals surface area contributed by atoms with Crippen molar-refractivity contribution in [2.24, 2.45) is 11.8 Å². The fraction of sp³-hybridized carbons (Fsp3) is 0.458. The van der Waals surface area contributed by atoms with Gasteiger partial charge in [-0.15, -0.1) is 0 Å². The van der Waals surface area contributed by atoms with E-state index in [0.29, 0.717) is 31.8 Å². The fourth-order valence-electron chi connectivity index (χ4n) is 4.39. The highest BCUT2D eigenvalue weighted by molar-refractivity contribution is 7.89. The number of piperidine rings is 1. The molecule has 2 atom stereocenters. The monoisotopic (exact) mass is 444 g/mol. The van der Waals surface area contributed by atoms with Crippen LogP contribution >= 0.6 is 0 Å². The minimum Gasteiger partial charge on any atom is -0.335 e. The van der Waals surface area contributed by atoms with Gasteiger partial charge in [0, 0.05) is 25.7 Å². The average Bonchev–Trinajstić information content (AvgIpc) is 3.63. The van der Waals surface area contributed by atoms with Gasteiger partial charge >= 0.3 is 0 Å². The quantitative estimate of drug-likeness (QED) is 0.647. The molecule has 2 aromatic carbocycles. The van der Waals surface area contributed by atoms with E-state index in [-0.39, 0.29) is 29.3 Å². The first-order valence-electron chi connectivity index (χ1n) is 11.0. The number of amides is 1. The number of nitrogens with zero attached hydrogens (tertiary/aromatic N) is 2. The van der Waals surface area contributed by atoms with Gasteiger partial charge in [0.25, 0.3) is 0 Å². The Balaban J connectivity index is 1.52. The fourth-order valence-corrected chi connectivity index (χ4v) is 5.91. The van der Waals surface area contributed by atoms with Gasteiger partial charge in [0.15, 0.2) is 0 Å². The molecule has 1 aliphatic heterocycles. The van der Waals surface area contributed by atoms with Crippen LogP contribution in [0.5, 0.6) is 0 Å². The lowest BCUT2D eigenvalue weighted by Crippen LogP contribution is -2.49. The summed E-state index contributed by atoms with van der Waals surface area (Å²) in [7, 11) is -3.76. The second-order valence-electron chi connectivity index (χ2n) is 8.69. The molecule has 7 heteroatoms. The van der Waals surface area contributed by atoms with Gasteiger partial charge in [-0.2, -0.15) is 4.31 Å². The Morgan fingerprint density at radius 1 is 1.10 bits per heavy atom. The number of hydrogen-bond donors (Lipinski definition) is 0. The average molecular weight is 445 g/mol. The van der Waals surface area contributed by atoms with Crippen molar-refractivity contribution in [3.63, 3.8) is 0 Å². The van der Waals surface area contributed by atoms with Gasteiger partial charge in [0.1, 0.15) is 5.82 Å². The predicted octanol–water partition coefficient (Wildman–Crippen LogP) is 4.05. The van der Waals surface area contributed by atoms with Crippen LogP contribution in [0.2, 0.25) is 0 Å². The molecule has 1 amide bonds. The highest BCUT2D eigenvalue weighted by Crippen LogP contribution is 2.37. The van der Waals surface area contributed by atoms with E-state index in [4.69, 9.17) is 0 Å². The maximum Gasteiger partial charge on any atom is 0.243 e. The molecule has 166 valence electrons. The van der Waals surface area contributed by atoms with Gasteiger partial charge in [0.05, 0.1) is 10.8 Å². The van der Waals surface area contributed by atoms with Gasteiger partial charge in [0.2, 0.25) is 15.9 Å². The molecule has 31 heavy (non-hydrogen) atoms. The largest absolute Gasteiger partial charge is 0.335 e. The Kier molecular flexibility index (Phi) is 6.44. The van der Waals surface area contributed by atoms with Gasteiger partial charge in [-0.25, -0.2) is 12.8 Å². The molecule has 5 nitrogen and oxygen atoms in total. The summed E-state index contributed by atoms with van der Waals surface area (Å²) >= 11 is 0. The third-order valence-corrected chi connectivity index (χ3v) is 8.34. The number of sulfonamides is 1. The second-order valence-corrected chi connectivity index (χ2v) is 10.6. The van der Waals surface area contributed by atoms with Crippen molar-refractivity contribution in [1.29, 1.82) is 0 Å². The van der Waals surface area contributed by atoms with E-state index in [1.54, 1.807) is 0 Å². The molecule has 1 saturated carbocycles. The van der Waals surface area contributed by atoms with Gasteiger partial charge in [-0.3, -0.25) is 4.79 Å². The van der Waals surface area contributed by atoms with E-state index in [1.165, 1.54) is 16.4 Å². The van der Waals surface area contributed by atoms with Crippen molar-refractivity contribution in [2.45, 2.75) is 50.1 Å². The second kappa shape index (κ2) is 9.09. The summed E-state index contributed by atoms with van der Waals surface area (Å²) in [4.78, 5) is 15.6. The van der Waals surface area contributed by atoms with Crippen molar-refractivity contribution in [3.8, 4) is 0 Å². The Morgan fingerprint density at radius 2 is 1.77 bits per heavy atom. The van der Waals surface area contributed by atoms with Crippen LogP contribution < -0.4 is 0 Å². The maximum absolute atomic E-state index is 13.6. The zero-order valence-electron chi connectivity index (χ0n) is 17.8. The summed E-state index contributed by atoms with van der Waals surface area (Å²) in [5.74, 6) is -0.289. The van der Waals surface area contributed by atoms with E-state index in [2.05, 4.69) is 6.92 Å². The zero-order valence-corrected chi connectivity index (χ0v) is 18.6. The topological polar surface area (TPSA) is 57.7 Å². The minimum absolute atomic E-state index is 0.0299. The summed E-state index contributed by atoms with van der Waals surface area (Å²) in [6.07, 6.45) is 3.58. The number of benzene rings is 2. The van der Waals surface area contributed by atoms with Crippen molar-refractivity contribution in [1.82, 2.24) is 9.21 Å². The van der Waals surface area contributed by atoms with Crippen LogP contribution in [-0.4, -0.2) is 42.7 Å². The van der Waals surface area contributed by atoms with Crippen molar-refractivity contribution >= 4 is 15.9 Å². The number of rotatable bonds is 7. The lowest BCUT2D eigenvalue weighted by Gasteiger charge is -2.37. The summed E-state index contributed by atoms with van der Waals surface area (Å²) in [5.41, 5.74) is 1.08. The lowest BCUT2D eigenvalue weighted by molar-refractivity contribution is -0.140. The van der Waals surface area contributed by atoms with Crippen molar-refractivity contribution in [3.05, 3.63) is 66.0 Å². The summed E-state index contributed by atoms with van der Waals surface area (Å²) in [5, 5.41) is 0. The smallest absolute Gasteiger partial charge is 0.243 e. The first-order valence-corrected chi connectivity index (χ1v) is 12.4. The highest BCUT2D eigenvalue weighted by atomic mass is 32.2. The Morgan fingerprint density at radius 3 is 2.42 bits per heavy atom. The molecule has 0 spiro atoms. The predicted molar refractivity (Wildman–Crippen MR) is 117 cm³/mol. The first kappa shape index (κ1) is 22.0. The highest BCUT2D eigenvalue weighted by Gasteiger charge is 2.39. The normalized spacial score (nSPS) is 20.9. The van der Waals surface area contributed by atoms with Crippen LogP contribution in [0.25, 0.3) is 0 Å². The number of halogens is 1. The molecule has 1 aliphatic carbocycles. The molecule has 0 bridgehead atoms. The van der Waals surface area contributed by atoms with E-state index in [1.807, 2.05) is 35.2 Å². The third-order valence-electron chi connectivity index (χ3n) is 6.46. The van der Waals surface area contributed by atoms with Crippen LogP contribution in [0.15, 0.2) is 59.5 Å². The molecule has 2 fully saturated rings. The van der Waals surface area contributed by atoms with Crippen molar-refractivity contribution in [2.75, 3.05) is 13.1 Å². The molecule has 0 radical (unpaired) electrons. The Labute approximate surface area is 183 Å². The molecule has 0 aromatic heterocycles. The Hall–Kier alpha value is -2.25. The van der Waals surface area contributed by atoms with E-state index in [9.17, 15) is 17.6 Å². The van der Waals surface area contributed by atoms with Crippen LogP contribution in [0.3, 0.4) is 0 Å². The molecular weight excluding hydrogens is 415 g/mol. The maximum atomic E-state index is 13.6. The van der Waals surface area contributed by atoms with Crippen LogP contribution in [0, 0.1) is 17.7 Å². The minimum atomic E-state index is -3.76. The molecule has 0 N–H and O–H groups in total. The molecule has 2 unspecified atom stereocenters. The van der Waals surface area contributed by atoms with Crippen molar-refractivity contribution < 1.29 is 17.6 Å². The summed E-state index contributed by atoms with van der Waals surface area (Å²) in [6, 6.07) is 14.9. The molecule has 1 heterocycles. The summed E-state index contributed by atoms with van der Waals surface area (Å²) in [6.45, 7) is 3.19. The number of carbonyl (C=O) groups excluding carboxylic acids is 1. The van der Waals surface area contributed by atoms with Gasteiger partial charge < -0.3 is 4.90 Å². The summed E-state index contributed by atoms with van der Waals surface area (Å²) < 4.78 is 40.7. The Bertz CT molecular complexity index is 1010. The molecule has 2 aliphatic rings. The molecule has 2 aromatic rings. The number of hydrogen-bond acceptors (Lipinski definition) is 3. The third kappa shape index (κ3) is 4.99. The van der Waals surface area contributed by atoms with Crippen LogP contribution in [0.4, 0.5) is 4.39 Å². The van der Waals surface area contributed by atoms with Crippen LogP contribution in [-0.2, 0) is 21.4 Å².